The first-order chi connectivity index (χ1) is 13.2. The molecule has 0 fully saturated rings. The molecule has 0 saturated carbocycles. The fourth-order valence-corrected chi connectivity index (χ4v) is 6.46. The van der Waals surface area contributed by atoms with Crippen LogP contribution in [0, 0.1) is 14.3 Å². The van der Waals surface area contributed by atoms with Crippen LogP contribution in [0.4, 0.5) is 0 Å². The number of carbonyl (C=O) groups excluding carboxylic acids is 1. The van der Waals surface area contributed by atoms with E-state index in [-0.39, 0.29) is 17.1 Å². The number of aromatic hydroxyl groups is 1. The van der Waals surface area contributed by atoms with E-state index in [9.17, 15) is 19.8 Å². The van der Waals surface area contributed by atoms with Crippen LogP contribution in [0.3, 0.4) is 0 Å². The van der Waals surface area contributed by atoms with E-state index in [1.165, 1.54) is 12.2 Å². The van der Waals surface area contributed by atoms with Gasteiger partial charge in [-0.1, -0.05) is 24.3 Å². The second-order valence-electron chi connectivity index (χ2n) is 5.76. The summed E-state index contributed by atoms with van der Waals surface area (Å²) in [4.78, 5) is 23.8. The van der Waals surface area contributed by atoms with Crippen LogP contribution >= 0.6 is 90.4 Å². The lowest BCUT2D eigenvalue weighted by atomic mass is 9.88. The minimum Gasteiger partial charge on any atom is -0.508 e. The molecule has 0 spiro atoms. The van der Waals surface area contributed by atoms with Crippen LogP contribution in [-0.4, -0.2) is 22.0 Å². The van der Waals surface area contributed by atoms with E-state index in [0.29, 0.717) is 14.7 Å². The summed E-state index contributed by atoms with van der Waals surface area (Å²) in [5, 5.41) is 19.7. The van der Waals surface area contributed by atoms with Gasteiger partial charge in [0, 0.05) is 19.8 Å². The normalized spacial score (nSPS) is 13.1. The summed E-state index contributed by atoms with van der Waals surface area (Å²) in [6, 6.07) is 6.62. The highest BCUT2D eigenvalue weighted by atomic mass is 127. The second kappa shape index (κ2) is 9.12. The highest BCUT2D eigenvalue weighted by Crippen LogP contribution is 2.41. The minimum absolute atomic E-state index is 0.117. The Hall–Kier alpha value is -0.480. The van der Waals surface area contributed by atoms with Crippen LogP contribution < -0.4 is 0 Å². The Kier molecular flexibility index (Phi) is 7.23. The molecule has 2 aromatic rings. The Morgan fingerprint density at radius 3 is 1.75 bits per heavy atom. The highest BCUT2D eigenvalue weighted by molar-refractivity contribution is 14.1. The van der Waals surface area contributed by atoms with Crippen molar-refractivity contribution in [3.63, 3.8) is 0 Å². The van der Waals surface area contributed by atoms with Gasteiger partial charge in [0.15, 0.2) is 5.78 Å². The van der Waals surface area contributed by atoms with Crippen molar-refractivity contribution in [3.05, 3.63) is 85.1 Å². The van der Waals surface area contributed by atoms with Gasteiger partial charge in [-0.3, -0.25) is 4.79 Å². The molecule has 28 heavy (non-hydrogen) atoms. The zero-order valence-corrected chi connectivity index (χ0v) is 22.5. The quantitative estimate of drug-likeness (QED) is 0.227. The van der Waals surface area contributed by atoms with Gasteiger partial charge in [-0.05, 0) is 131 Å². The number of benzene rings is 2. The number of ketones is 1. The summed E-state index contributed by atoms with van der Waals surface area (Å²) in [6.07, 6.45) is 6.32. The van der Waals surface area contributed by atoms with Crippen molar-refractivity contribution >= 4 is 108 Å². The molecule has 0 atom stereocenters. The smallest absolute Gasteiger partial charge is 0.337 e. The van der Waals surface area contributed by atoms with Crippen LogP contribution in [0.15, 0.2) is 54.1 Å². The molecule has 0 amide bonds. The SMILES string of the molecule is O=C1C=CC(=C(c2ccc(O)cc2)c2c(I)c(I)c(I)c(I)c2C(=O)O)C=C1. The van der Waals surface area contributed by atoms with Gasteiger partial charge < -0.3 is 10.2 Å². The van der Waals surface area contributed by atoms with E-state index >= 15 is 0 Å². The summed E-state index contributed by atoms with van der Waals surface area (Å²) >= 11 is 8.64. The first-order valence-corrected chi connectivity index (χ1v) is 12.1. The van der Waals surface area contributed by atoms with Crippen LogP contribution in [-0.2, 0) is 4.79 Å². The summed E-state index contributed by atoms with van der Waals surface area (Å²) in [7, 11) is 0. The molecule has 142 valence electrons. The Balaban J connectivity index is 2.47. The molecule has 4 nitrogen and oxygen atoms in total. The van der Waals surface area contributed by atoms with E-state index in [1.807, 2.05) is 0 Å². The maximum Gasteiger partial charge on any atom is 0.337 e. The van der Waals surface area contributed by atoms with Gasteiger partial charge in [-0.2, -0.15) is 0 Å². The van der Waals surface area contributed by atoms with Gasteiger partial charge in [-0.15, -0.1) is 0 Å². The molecule has 8 heteroatoms. The first-order valence-electron chi connectivity index (χ1n) is 7.75. The molecule has 0 heterocycles. The number of carbonyl (C=O) groups is 2. The van der Waals surface area contributed by atoms with E-state index in [0.717, 1.165) is 21.8 Å². The average Bonchev–Trinajstić information content (AvgIpc) is 2.66. The molecular weight excluding hydrogens is 812 g/mol. The predicted molar refractivity (Wildman–Crippen MR) is 142 cm³/mol. The molecular formula is C20H10I4O4. The van der Waals surface area contributed by atoms with Crippen LogP contribution in [0.2, 0.25) is 0 Å². The molecule has 0 bridgehead atoms. The number of phenolic OH excluding ortho intramolecular Hbond substituents is 1. The number of carboxylic acids is 1. The van der Waals surface area contributed by atoms with Gasteiger partial charge in [0.05, 0.1) is 5.56 Å². The Morgan fingerprint density at radius 2 is 1.25 bits per heavy atom. The van der Waals surface area contributed by atoms with Crippen molar-refractivity contribution in [2.24, 2.45) is 0 Å². The van der Waals surface area contributed by atoms with E-state index in [1.54, 1.807) is 36.4 Å². The number of hydrogen-bond acceptors (Lipinski definition) is 3. The average molecular weight is 822 g/mol. The van der Waals surface area contributed by atoms with Crippen molar-refractivity contribution < 1.29 is 19.8 Å². The standard InChI is InChI=1S/C20H10I4O4/c21-16-14(15(20(27)28)17(22)19(24)18(16)23)13(9-1-5-11(25)6-2-9)10-3-7-12(26)8-4-10/h1-8,25H,(H,27,28). The Bertz CT molecular complexity index is 1080. The lowest BCUT2D eigenvalue weighted by molar-refractivity contribution is -0.110. The van der Waals surface area contributed by atoms with Gasteiger partial charge in [0.2, 0.25) is 0 Å². The molecule has 0 aliphatic heterocycles. The van der Waals surface area contributed by atoms with Crippen LogP contribution in [0.1, 0.15) is 21.5 Å². The minimum atomic E-state index is -1.01. The summed E-state index contributed by atoms with van der Waals surface area (Å²) in [5.74, 6) is -1.00. The zero-order valence-electron chi connectivity index (χ0n) is 13.8. The lowest BCUT2D eigenvalue weighted by Crippen LogP contribution is -2.12. The number of halogens is 4. The number of aromatic carboxylic acids is 1. The Labute approximate surface area is 215 Å². The van der Waals surface area contributed by atoms with Gasteiger partial charge in [0.1, 0.15) is 5.75 Å². The van der Waals surface area contributed by atoms with Gasteiger partial charge in [0.25, 0.3) is 0 Å². The molecule has 2 aromatic carbocycles. The van der Waals surface area contributed by atoms with Crippen molar-refractivity contribution in [1.82, 2.24) is 0 Å². The first kappa shape index (κ1) is 22.2. The molecule has 3 rings (SSSR count). The fraction of sp³-hybridized carbons (Fsp3) is 0. The van der Waals surface area contributed by atoms with Crippen molar-refractivity contribution in [2.45, 2.75) is 0 Å². The van der Waals surface area contributed by atoms with E-state index in [4.69, 9.17) is 0 Å². The zero-order chi connectivity index (χ0) is 20.6. The predicted octanol–water partition coefficient (Wildman–Crippen LogP) is 6.01. The molecule has 2 N–H and O–H groups in total. The molecule has 1 aliphatic carbocycles. The Morgan fingerprint density at radius 1 is 0.750 bits per heavy atom. The second-order valence-corrected chi connectivity index (χ2v) is 10.1. The maximum absolute atomic E-state index is 12.2. The maximum atomic E-state index is 12.2. The largest absolute Gasteiger partial charge is 0.508 e. The third-order valence-corrected chi connectivity index (χ3v) is 11.4. The molecule has 0 radical (unpaired) electrons. The summed E-state index contributed by atoms with van der Waals surface area (Å²) < 4.78 is 3.36. The number of allylic oxidation sites excluding steroid dienone is 5. The highest BCUT2D eigenvalue weighted by Gasteiger charge is 2.27. The van der Waals surface area contributed by atoms with Crippen molar-refractivity contribution in [1.29, 1.82) is 0 Å². The lowest BCUT2D eigenvalue weighted by Gasteiger charge is -2.20. The van der Waals surface area contributed by atoms with E-state index in [2.05, 4.69) is 90.4 Å². The summed E-state index contributed by atoms with van der Waals surface area (Å²) in [5.41, 5.74) is 3.02. The third kappa shape index (κ3) is 4.33. The molecule has 0 saturated heterocycles. The van der Waals surface area contributed by atoms with E-state index < -0.39 is 5.97 Å². The van der Waals surface area contributed by atoms with Crippen LogP contribution in [0.5, 0.6) is 5.75 Å². The monoisotopic (exact) mass is 822 g/mol. The molecule has 0 aromatic heterocycles. The number of hydrogen-bond donors (Lipinski definition) is 2. The number of rotatable bonds is 3. The molecule has 0 unspecified atom stereocenters. The third-order valence-electron chi connectivity index (χ3n) is 4.03. The summed E-state index contributed by atoms with van der Waals surface area (Å²) in [6.45, 7) is 0. The molecule has 1 aliphatic rings. The topological polar surface area (TPSA) is 74.6 Å². The van der Waals surface area contributed by atoms with Gasteiger partial charge in [-0.25, -0.2) is 4.79 Å². The van der Waals surface area contributed by atoms with Crippen molar-refractivity contribution in [2.75, 3.05) is 0 Å². The van der Waals surface area contributed by atoms with Gasteiger partial charge >= 0.3 is 5.97 Å². The number of phenols is 1. The fourth-order valence-electron chi connectivity index (χ4n) is 2.77. The van der Waals surface area contributed by atoms with Crippen molar-refractivity contribution in [3.8, 4) is 5.75 Å². The van der Waals surface area contributed by atoms with Crippen LogP contribution in [0.25, 0.3) is 5.57 Å². The number of carboxylic acid groups (broad SMARTS) is 1.